The standard InChI is InChI=1S/C16H19BN4O4/c1-24-14-8-12(9-20-21-16(18)19)7-13(17(22)23)15(14)25-10-11-5-3-2-4-6-11/h2-9,22-23H,10H2,1H3,(H4,18,19,21). The second-order valence-electron chi connectivity index (χ2n) is 5.06. The number of benzene rings is 2. The van der Waals surface area contributed by atoms with E-state index in [1.165, 1.54) is 19.4 Å². The number of methoxy groups -OCH3 is 1. The fraction of sp³-hybridized carbons (Fsp3) is 0.125. The van der Waals surface area contributed by atoms with Crippen molar-refractivity contribution in [2.45, 2.75) is 6.61 Å². The molecule has 2 aromatic rings. The number of guanidine groups is 1. The van der Waals surface area contributed by atoms with Gasteiger partial charge in [-0.3, -0.25) is 0 Å². The van der Waals surface area contributed by atoms with Crippen molar-refractivity contribution in [2.75, 3.05) is 7.11 Å². The number of ether oxygens (including phenoxy) is 2. The zero-order valence-corrected chi connectivity index (χ0v) is 13.7. The van der Waals surface area contributed by atoms with Crippen LogP contribution < -0.4 is 26.4 Å². The molecule has 8 nitrogen and oxygen atoms in total. The first-order valence-corrected chi connectivity index (χ1v) is 7.38. The molecule has 9 heteroatoms. The summed E-state index contributed by atoms with van der Waals surface area (Å²) in [4.78, 5) is 0. The Labute approximate surface area is 145 Å². The van der Waals surface area contributed by atoms with Gasteiger partial charge in [-0.25, -0.2) is 0 Å². The van der Waals surface area contributed by atoms with Gasteiger partial charge in [0.05, 0.1) is 13.3 Å². The van der Waals surface area contributed by atoms with Gasteiger partial charge >= 0.3 is 7.12 Å². The van der Waals surface area contributed by atoms with E-state index in [1.807, 2.05) is 30.3 Å². The Hall–Kier alpha value is -3.04. The molecular weight excluding hydrogens is 323 g/mol. The predicted molar refractivity (Wildman–Crippen MR) is 97.0 cm³/mol. The quantitative estimate of drug-likeness (QED) is 0.233. The lowest BCUT2D eigenvalue weighted by atomic mass is 9.78. The average molecular weight is 342 g/mol. The first-order valence-electron chi connectivity index (χ1n) is 7.38. The van der Waals surface area contributed by atoms with Crippen LogP contribution in [0.5, 0.6) is 11.5 Å². The van der Waals surface area contributed by atoms with Crippen molar-refractivity contribution in [2.24, 2.45) is 21.7 Å². The van der Waals surface area contributed by atoms with Crippen LogP contribution in [0.2, 0.25) is 0 Å². The van der Waals surface area contributed by atoms with E-state index in [0.717, 1.165) is 5.56 Å². The Morgan fingerprint density at radius 2 is 1.92 bits per heavy atom. The number of rotatable bonds is 7. The minimum absolute atomic E-state index is 0.140. The van der Waals surface area contributed by atoms with Crippen LogP contribution in [0.3, 0.4) is 0 Å². The van der Waals surface area contributed by atoms with Crippen LogP contribution in [0.4, 0.5) is 0 Å². The number of nitrogens with zero attached hydrogens (tertiary/aromatic N) is 2. The van der Waals surface area contributed by atoms with Gasteiger partial charge in [-0.2, -0.15) is 5.10 Å². The monoisotopic (exact) mass is 342 g/mol. The average Bonchev–Trinajstić information content (AvgIpc) is 2.60. The van der Waals surface area contributed by atoms with Crippen molar-refractivity contribution in [1.29, 1.82) is 0 Å². The highest BCUT2D eigenvalue weighted by molar-refractivity contribution is 6.60. The first-order chi connectivity index (χ1) is 12.0. The normalized spacial score (nSPS) is 10.5. The van der Waals surface area contributed by atoms with Crippen LogP contribution in [0.25, 0.3) is 0 Å². The molecule has 0 saturated carbocycles. The Balaban J connectivity index is 2.33. The zero-order valence-electron chi connectivity index (χ0n) is 13.7. The first kappa shape index (κ1) is 18.3. The van der Waals surface area contributed by atoms with Gasteiger partial charge in [0.2, 0.25) is 5.96 Å². The highest BCUT2D eigenvalue weighted by Gasteiger charge is 2.22. The van der Waals surface area contributed by atoms with E-state index < -0.39 is 7.12 Å². The maximum absolute atomic E-state index is 9.67. The third kappa shape index (κ3) is 5.23. The van der Waals surface area contributed by atoms with Crippen LogP contribution in [-0.2, 0) is 6.61 Å². The lowest BCUT2D eigenvalue weighted by Crippen LogP contribution is -2.32. The third-order valence-corrected chi connectivity index (χ3v) is 3.21. The van der Waals surface area contributed by atoms with Gasteiger partial charge in [-0.05, 0) is 23.3 Å². The summed E-state index contributed by atoms with van der Waals surface area (Å²) in [5.74, 6) is 0.376. The van der Waals surface area contributed by atoms with Crippen molar-refractivity contribution in [3.8, 4) is 11.5 Å². The van der Waals surface area contributed by atoms with Gasteiger partial charge in [0.15, 0.2) is 11.5 Å². The minimum Gasteiger partial charge on any atom is -0.493 e. The Bertz CT molecular complexity index is 762. The molecular formula is C16H19BN4O4. The van der Waals surface area contributed by atoms with E-state index >= 15 is 0 Å². The van der Waals surface area contributed by atoms with Crippen molar-refractivity contribution in [1.82, 2.24) is 0 Å². The summed E-state index contributed by atoms with van der Waals surface area (Å²) in [7, 11) is -0.300. The maximum atomic E-state index is 9.67. The summed E-state index contributed by atoms with van der Waals surface area (Å²) < 4.78 is 11.0. The van der Waals surface area contributed by atoms with Gasteiger partial charge in [0, 0.05) is 5.46 Å². The summed E-state index contributed by atoms with van der Waals surface area (Å²) in [6.07, 6.45) is 1.36. The molecule has 0 aliphatic carbocycles. The summed E-state index contributed by atoms with van der Waals surface area (Å²) in [5, 5.41) is 26.5. The lowest BCUT2D eigenvalue weighted by molar-refractivity contribution is 0.285. The molecule has 25 heavy (non-hydrogen) atoms. The summed E-state index contributed by atoms with van der Waals surface area (Å²) in [5.41, 5.74) is 12.0. The molecule has 0 atom stereocenters. The molecule has 2 rings (SSSR count). The van der Waals surface area contributed by atoms with Crippen molar-refractivity contribution in [3.05, 3.63) is 53.6 Å². The fourth-order valence-corrected chi connectivity index (χ4v) is 2.11. The SMILES string of the molecule is COc1cc(C=NN=C(N)N)cc(B(O)O)c1OCc1ccccc1. The number of hydrogen-bond acceptors (Lipinski definition) is 6. The van der Waals surface area contributed by atoms with Crippen molar-refractivity contribution >= 4 is 24.8 Å². The third-order valence-electron chi connectivity index (χ3n) is 3.21. The van der Waals surface area contributed by atoms with Crippen LogP contribution in [0, 0.1) is 0 Å². The van der Waals surface area contributed by atoms with E-state index in [-0.39, 0.29) is 23.8 Å². The van der Waals surface area contributed by atoms with Gasteiger partial charge in [0.1, 0.15) is 6.61 Å². The number of nitrogens with two attached hydrogens (primary N) is 2. The molecule has 0 aliphatic rings. The summed E-state index contributed by atoms with van der Waals surface area (Å²) in [6.45, 7) is 0.248. The van der Waals surface area contributed by atoms with Crippen LogP contribution in [0.1, 0.15) is 11.1 Å². The van der Waals surface area contributed by atoms with E-state index in [9.17, 15) is 10.0 Å². The molecule has 0 aliphatic heterocycles. The molecule has 0 unspecified atom stereocenters. The molecule has 0 radical (unpaired) electrons. The molecule has 0 aromatic heterocycles. The Kier molecular flexibility index (Phi) is 6.38. The van der Waals surface area contributed by atoms with E-state index in [2.05, 4.69) is 10.2 Å². The largest absolute Gasteiger partial charge is 0.493 e. The van der Waals surface area contributed by atoms with E-state index in [1.54, 1.807) is 6.07 Å². The summed E-state index contributed by atoms with van der Waals surface area (Å²) in [6, 6.07) is 12.6. The van der Waals surface area contributed by atoms with Gasteiger partial charge in [0.25, 0.3) is 0 Å². The second-order valence-corrected chi connectivity index (χ2v) is 5.06. The van der Waals surface area contributed by atoms with Crippen LogP contribution in [-0.4, -0.2) is 36.5 Å². The highest BCUT2D eigenvalue weighted by atomic mass is 16.5. The topological polar surface area (TPSA) is 136 Å². The molecule has 0 spiro atoms. The highest BCUT2D eigenvalue weighted by Crippen LogP contribution is 2.27. The second kappa shape index (κ2) is 8.72. The smallest absolute Gasteiger partial charge is 0.492 e. The van der Waals surface area contributed by atoms with Gasteiger partial charge in [-0.15, -0.1) is 5.10 Å². The van der Waals surface area contributed by atoms with Crippen LogP contribution in [0.15, 0.2) is 52.7 Å². The van der Waals surface area contributed by atoms with Gasteiger partial charge < -0.3 is 31.0 Å². The van der Waals surface area contributed by atoms with Crippen molar-refractivity contribution in [3.63, 3.8) is 0 Å². The molecule has 0 heterocycles. The Morgan fingerprint density at radius 1 is 1.20 bits per heavy atom. The molecule has 0 bridgehead atoms. The number of hydrogen-bond donors (Lipinski definition) is 4. The molecule has 0 saturated heterocycles. The lowest BCUT2D eigenvalue weighted by Gasteiger charge is -2.16. The van der Waals surface area contributed by atoms with Crippen molar-refractivity contribution < 1.29 is 19.5 Å². The summed E-state index contributed by atoms with van der Waals surface area (Å²) >= 11 is 0. The van der Waals surface area contributed by atoms with Gasteiger partial charge in [-0.1, -0.05) is 30.3 Å². The fourth-order valence-electron chi connectivity index (χ4n) is 2.11. The van der Waals surface area contributed by atoms with E-state index in [4.69, 9.17) is 20.9 Å². The van der Waals surface area contributed by atoms with E-state index in [0.29, 0.717) is 11.3 Å². The maximum Gasteiger partial charge on any atom is 0.492 e. The molecule has 0 fully saturated rings. The molecule has 2 aromatic carbocycles. The predicted octanol–water partition coefficient (Wildman–Crippen LogP) is -0.439. The Morgan fingerprint density at radius 3 is 2.52 bits per heavy atom. The molecule has 0 amide bonds. The minimum atomic E-state index is -1.75. The molecule has 130 valence electrons. The van der Waals surface area contributed by atoms with Crippen LogP contribution >= 0.6 is 0 Å². The zero-order chi connectivity index (χ0) is 18.2. The molecule has 6 N–H and O–H groups in total.